The van der Waals surface area contributed by atoms with Gasteiger partial charge in [-0.05, 0) is 54.4 Å². The van der Waals surface area contributed by atoms with Gasteiger partial charge in [0.05, 0.1) is 0 Å². The summed E-state index contributed by atoms with van der Waals surface area (Å²) in [5, 5.41) is 6.56. The van der Waals surface area contributed by atoms with Gasteiger partial charge in [-0.15, -0.1) is 11.8 Å². The predicted molar refractivity (Wildman–Crippen MR) is 139 cm³/mol. The Bertz CT molecular complexity index is 997. The predicted octanol–water partition coefficient (Wildman–Crippen LogP) is 8.35. The van der Waals surface area contributed by atoms with Crippen molar-refractivity contribution in [2.24, 2.45) is 17.8 Å². The molecule has 1 fully saturated rings. The zero-order valence-electron chi connectivity index (χ0n) is 20.2. The molecule has 1 aliphatic carbocycles. The van der Waals surface area contributed by atoms with E-state index < -0.39 is 0 Å². The molecule has 0 radical (unpaired) electrons. The molecular formula is C29H38N2S. The summed E-state index contributed by atoms with van der Waals surface area (Å²) in [6, 6.07) is 19.9. The van der Waals surface area contributed by atoms with Crippen LogP contribution in [0.15, 0.2) is 59.6 Å². The lowest BCUT2D eigenvalue weighted by molar-refractivity contribution is 0.238. The van der Waals surface area contributed by atoms with Gasteiger partial charge < -0.3 is 0 Å². The number of thioether (sulfide) groups is 1. The fourth-order valence-electron chi connectivity index (χ4n) is 5.23. The Labute approximate surface area is 198 Å². The van der Waals surface area contributed by atoms with Crippen molar-refractivity contribution in [3.05, 3.63) is 60.2 Å². The second-order valence-corrected chi connectivity index (χ2v) is 10.7. The molecule has 0 bridgehead atoms. The molecule has 1 aliphatic rings. The van der Waals surface area contributed by atoms with E-state index in [-0.39, 0.29) is 0 Å². The number of benzene rings is 2. The summed E-state index contributed by atoms with van der Waals surface area (Å²) in [5.74, 6) is 2.33. The van der Waals surface area contributed by atoms with Gasteiger partial charge in [-0.3, -0.25) is 4.68 Å². The van der Waals surface area contributed by atoms with Gasteiger partial charge >= 0.3 is 0 Å². The first-order chi connectivity index (χ1) is 15.6. The lowest BCUT2D eigenvalue weighted by Gasteiger charge is -2.28. The van der Waals surface area contributed by atoms with Crippen molar-refractivity contribution in [3.63, 3.8) is 0 Å². The molecule has 1 saturated carbocycles. The molecule has 3 aromatic rings. The molecule has 0 amide bonds. The summed E-state index contributed by atoms with van der Waals surface area (Å²) >= 11 is 1.85. The molecule has 32 heavy (non-hydrogen) atoms. The lowest BCUT2D eigenvalue weighted by atomic mass is 9.81. The van der Waals surface area contributed by atoms with Gasteiger partial charge in [0, 0.05) is 17.7 Å². The van der Waals surface area contributed by atoms with Crippen molar-refractivity contribution in [1.82, 2.24) is 9.78 Å². The van der Waals surface area contributed by atoms with Crippen molar-refractivity contribution in [2.45, 2.75) is 70.9 Å². The zero-order valence-corrected chi connectivity index (χ0v) is 21.0. The van der Waals surface area contributed by atoms with E-state index in [0.717, 1.165) is 30.5 Å². The second-order valence-electron chi connectivity index (χ2n) is 9.87. The summed E-state index contributed by atoms with van der Waals surface area (Å²) in [7, 11) is 0. The maximum atomic E-state index is 5.25. The highest BCUT2D eigenvalue weighted by molar-refractivity contribution is 7.98. The Morgan fingerprint density at radius 2 is 1.62 bits per heavy atom. The highest BCUT2D eigenvalue weighted by Crippen LogP contribution is 2.40. The minimum absolute atomic E-state index is 0.653. The zero-order chi connectivity index (χ0) is 22.5. The Balaban J connectivity index is 1.74. The molecule has 4 rings (SSSR count). The maximum Gasteiger partial charge on any atom is 0.102 e. The Kier molecular flexibility index (Phi) is 7.78. The third kappa shape index (κ3) is 5.31. The van der Waals surface area contributed by atoms with E-state index in [0.29, 0.717) is 5.92 Å². The lowest BCUT2D eigenvalue weighted by Crippen LogP contribution is -2.19. The van der Waals surface area contributed by atoms with Crippen LogP contribution >= 0.6 is 11.8 Å². The van der Waals surface area contributed by atoms with Gasteiger partial charge in [0.1, 0.15) is 10.7 Å². The molecule has 2 aromatic carbocycles. The average molecular weight is 447 g/mol. The van der Waals surface area contributed by atoms with Crippen LogP contribution in [0.3, 0.4) is 0 Å². The van der Waals surface area contributed by atoms with Gasteiger partial charge in [-0.1, -0.05) is 94.6 Å². The average Bonchev–Trinajstić information content (AvgIpc) is 3.18. The monoisotopic (exact) mass is 446 g/mol. The molecule has 0 atom stereocenters. The summed E-state index contributed by atoms with van der Waals surface area (Å²) in [6.07, 6.45) is 10.1. The molecular weight excluding hydrogens is 408 g/mol. The van der Waals surface area contributed by atoms with Crippen molar-refractivity contribution in [1.29, 1.82) is 0 Å². The molecule has 0 unspecified atom stereocenters. The van der Waals surface area contributed by atoms with E-state index in [2.05, 4.69) is 86.3 Å². The number of rotatable bonds is 8. The van der Waals surface area contributed by atoms with Gasteiger partial charge in [-0.25, -0.2) is 0 Å². The number of hydrogen-bond donors (Lipinski definition) is 0. The van der Waals surface area contributed by atoms with Crippen LogP contribution in [0.1, 0.15) is 58.4 Å². The highest BCUT2D eigenvalue weighted by atomic mass is 32.2. The Morgan fingerprint density at radius 3 is 2.28 bits per heavy atom. The van der Waals surface area contributed by atoms with Crippen LogP contribution in [0.5, 0.6) is 0 Å². The summed E-state index contributed by atoms with van der Waals surface area (Å²) in [5.41, 5.74) is 6.34. The molecule has 2 nitrogen and oxygen atoms in total. The van der Waals surface area contributed by atoms with Gasteiger partial charge in [0.25, 0.3) is 0 Å². The van der Waals surface area contributed by atoms with E-state index in [9.17, 15) is 0 Å². The van der Waals surface area contributed by atoms with Crippen LogP contribution in [0.4, 0.5) is 0 Å². The summed E-state index contributed by atoms with van der Waals surface area (Å²) in [6.45, 7) is 7.97. The largest absolute Gasteiger partial charge is 0.258 e. The maximum absolute atomic E-state index is 5.25. The van der Waals surface area contributed by atoms with Crippen LogP contribution in [0, 0.1) is 17.8 Å². The number of hydrogen-bond acceptors (Lipinski definition) is 2. The molecule has 1 heterocycles. The molecule has 1 aromatic heterocycles. The van der Waals surface area contributed by atoms with Crippen molar-refractivity contribution in [2.75, 3.05) is 6.26 Å². The summed E-state index contributed by atoms with van der Waals surface area (Å²) < 4.78 is 2.33. The fourth-order valence-corrected chi connectivity index (χ4v) is 5.97. The highest BCUT2D eigenvalue weighted by Gasteiger charge is 2.25. The third-order valence-electron chi connectivity index (χ3n) is 6.98. The fraction of sp³-hybridized carbons (Fsp3) is 0.483. The minimum atomic E-state index is 0.653. The first kappa shape index (κ1) is 23.2. The summed E-state index contributed by atoms with van der Waals surface area (Å²) in [4.78, 5) is 0. The first-order valence-electron chi connectivity index (χ1n) is 12.4. The quantitative estimate of drug-likeness (QED) is 0.323. The second kappa shape index (κ2) is 10.7. The van der Waals surface area contributed by atoms with Gasteiger partial charge in [0.2, 0.25) is 0 Å². The SMILES string of the molecule is CCC1CCC(Cn2nc(-c3ccccc3)c(-c3cccc(CC(C)C)c3)c2SC)CC1. The van der Waals surface area contributed by atoms with Gasteiger partial charge in [-0.2, -0.15) is 5.10 Å². The molecule has 0 aliphatic heterocycles. The van der Waals surface area contributed by atoms with Crippen molar-refractivity contribution < 1.29 is 0 Å². The van der Waals surface area contributed by atoms with Crippen LogP contribution in [0.25, 0.3) is 22.4 Å². The van der Waals surface area contributed by atoms with E-state index in [1.54, 1.807) is 0 Å². The molecule has 0 N–H and O–H groups in total. The van der Waals surface area contributed by atoms with Crippen LogP contribution in [-0.4, -0.2) is 16.0 Å². The van der Waals surface area contributed by atoms with Gasteiger partial charge in [0.15, 0.2) is 0 Å². The molecule has 170 valence electrons. The van der Waals surface area contributed by atoms with Crippen molar-refractivity contribution in [3.8, 4) is 22.4 Å². The van der Waals surface area contributed by atoms with E-state index in [1.807, 2.05) is 11.8 Å². The standard InChI is InChI=1S/C29H38N2S/c1-5-22-14-16-23(17-15-22)20-31-29(32-4)27(28(30-31)25-11-7-6-8-12-25)26-13-9-10-24(19-26)18-21(2)3/h6-13,19,21-23H,5,14-18,20H2,1-4H3. The van der Waals surface area contributed by atoms with Crippen LogP contribution in [0.2, 0.25) is 0 Å². The smallest absolute Gasteiger partial charge is 0.102 e. The molecule has 0 spiro atoms. The Hall–Kier alpha value is -2.00. The molecule has 3 heteroatoms. The van der Waals surface area contributed by atoms with E-state index >= 15 is 0 Å². The number of aromatic nitrogens is 2. The van der Waals surface area contributed by atoms with E-state index in [4.69, 9.17) is 5.10 Å². The van der Waals surface area contributed by atoms with Crippen LogP contribution in [-0.2, 0) is 13.0 Å². The number of nitrogens with zero attached hydrogens (tertiary/aromatic N) is 2. The first-order valence-corrected chi connectivity index (χ1v) is 13.6. The Morgan fingerprint density at radius 1 is 0.938 bits per heavy atom. The van der Waals surface area contributed by atoms with Crippen molar-refractivity contribution >= 4 is 11.8 Å². The minimum Gasteiger partial charge on any atom is -0.258 e. The third-order valence-corrected chi connectivity index (χ3v) is 7.78. The van der Waals surface area contributed by atoms with E-state index in [1.165, 1.54) is 59.4 Å². The normalized spacial score (nSPS) is 18.9. The van der Waals surface area contributed by atoms with Crippen LogP contribution < -0.4 is 0 Å². The topological polar surface area (TPSA) is 17.8 Å². The molecule has 0 saturated heterocycles.